The maximum absolute atomic E-state index is 9.52. The second kappa shape index (κ2) is 8.65. The van der Waals surface area contributed by atoms with Gasteiger partial charge in [-0.25, -0.2) is 0 Å². The Morgan fingerprint density at radius 2 is 1.50 bits per heavy atom. The van der Waals surface area contributed by atoms with Gasteiger partial charge in [0.2, 0.25) is 0 Å². The molecular formula is C2H3BNa2O3. The summed E-state index contributed by atoms with van der Waals surface area (Å²) < 4.78 is 0. The van der Waals surface area contributed by atoms with E-state index in [0.29, 0.717) is 0 Å². The molecular weight excluding hydrogens is 129 g/mol. The second-order valence-electron chi connectivity index (χ2n) is 0.943. The van der Waals surface area contributed by atoms with Crippen molar-refractivity contribution < 1.29 is 74.0 Å². The third-order valence-electron chi connectivity index (χ3n) is 0.332. The van der Waals surface area contributed by atoms with Crippen LogP contribution in [0.1, 0.15) is 6.92 Å². The first kappa shape index (κ1) is 16.3. The molecule has 0 saturated heterocycles. The summed E-state index contributed by atoms with van der Waals surface area (Å²) in [6.07, 6.45) is 0. The molecule has 0 aliphatic heterocycles. The fourth-order valence-corrected chi connectivity index (χ4v) is 0. The van der Waals surface area contributed by atoms with Crippen LogP contribution in [0.15, 0.2) is 0 Å². The summed E-state index contributed by atoms with van der Waals surface area (Å²) in [5.74, 6) is 0. The van der Waals surface area contributed by atoms with Crippen molar-refractivity contribution in [1.82, 2.24) is 0 Å². The quantitative estimate of drug-likeness (QED) is 0.332. The normalized spacial score (nSPS) is 5.88. The second-order valence-corrected chi connectivity index (χ2v) is 0.943. The monoisotopic (exact) mass is 132 g/mol. The Hall–Kier alpha value is 1.65. The van der Waals surface area contributed by atoms with Gasteiger partial charge in [0.05, 0.1) is 0 Å². The largest absolute Gasteiger partial charge is 1.00 e. The van der Waals surface area contributed by atoms with E-state index in [2.05, 4.69) is 0 Å². The number of carbonyl (C=O) groups is 1. The summed E-state index contributed by atoms with van der Waals surface area (Å²) >= 11 is 0. The van der Waals surface area contributed by atoms with Crippen LogP contribution in [0.5, 0.6) is 0 Å². The fraction of sp³-hybridized carbons (Fsp3) is 0.500. The molecule has 8 heavy (non-hydrogen) atoms. The molecule has 0 heterocycles. The summed E-state index contributed by atoms with van der Waals surface area (Å²) in [6, 6.07) is 0. The summed E-state index contributed by atoms with van der Waals surface area (Å²) in [7, 11) is -2.29. The van der Waals surface area contributed by atoms with Crippen LogP contribution in [0, 0.1) is 0 Å². The molecule has 0 amide bonds. The molecule has 0 aromatic heterocycles. The standard InChI is InChI=1S/C2H3BO3.2Na/c1-2(4)3(5)6;;/h1H3;;/q-2;2*+1. The molecule has 0 radical (unpaired) electrons. The van der Waals surface area contributed by atoms with E-state index in [1.165, 1.54) is 0 Å². The molecule has 34 valence electrons. The van der Waals surface area contributed by atoms with Crippen molar-refractivity contribution in [3.05, 3.63) is 0 Å². The topological polar surface area (TPSA) is 63.2 Å². The molecule has 0 spiro atoms. The summed E-state index contributed by atoms with van der Waals surface area (Å²) in [6.45, 7) is 0.977. The van der Waals surface area contributed by atoms with Crippen LogP contribution in [0.3, 0.4) is 0 Å². The zero-order valence-electron chi connectivity index (χ0n) is 5.30. The van der Waals surface area contributed by atoms with Gasteiger partial charge in [0.1, 0.15) is 0 Å². The van der Waals surface area contributed by atoms with Gasteiger partial charge in [-0.05, 0) is 14.0 Å². The minimum absolute atomic E-state index is 0. The average Bonchev–Trinajstić information content (AvgIpc) is 1.36. The van der Waals surface area contributed by atoms with Crippen LogP contribution in [0.25, 0.3) is 0 Å². The van der Waals surface area contributed by atoms with Crippen molar-refractivity contribution in [3.63, 3.8) is 0 Å². The molecule has 0 aliphatic carbocycles. The number of hydrogen-bond acceptors (Lipinski definition) is 3. The Kier molecular flexibility index (Phi) is 17.7. The van der Waals surface area contributed by atoms with Crippen molar-refractivity contribution in [1.29, 1.82) is 0 Å². The van der Waals surface area contributed by atoms with Crippen molar-refractivity contribution in [2.75, 3.05) is 0 Å². The molecule has 0 bridgehead atoms. The summed E-state index contributed by atoms with van der Waals surface area (Å²) in [5, 5.41) is 18.6. The Balaban J connectivity index is -0.000000125. The third-order valence-corrected chi connectivity index (χ3v) is 0.332. The van der Waals surface area contributed by atoms with E-state index >= 15 is 0 Å². The third kappa shape index (κ3) is 10.6. The minimum atomic E-state index is -2.29. The first-order valence-corrected chi connectivity index (χ1v) is 1.46. The first-order chi connectivity index (χ1) is 2.64. The molecule has 3 nitrogen and oxygen atoms in total. The Morgan fingerprint density at radius 1 is 1.38 bits per heavy atom. The van der Waals surface area contributed by atoms with Crippen molar-refractivity contribution in [2.45, 2.75) is 6.92 Å². The maximum Gasteiger partial charge on any atom is 1.00 e. The van der Waals surface area contributed by atoms with Gasteiger partial charge in [-0.1, -0.05) is 0 Å². The fourth-order valence-electron chi connectivity index (χ4n) is 0. The number of carbonyl (C=O) groups excluding carboxylic acids is 1. The van der Waals surface area contributed by atoms with Crippen LogP contribution in [-0.2, 0) is 4.79 Å². The van der Waals surface area contributed by atoms with Gasteiger partial charge in [0, 0.05) is 5.68 Å². The van der Waals surface area contributed by atoms with E-state index in [1.54, 1.807) is 0 Å². The SMILES string of the molecule is CC(=O)B([O-])[O-].[Na+].[Na+]. The van der Waals surface area contributed by atoms with Crippen LogP contribution < -0.4 is 69.2 Å². The van der Waals surface area contributed by atoms with Crippen molar-refractivity contribution >= 4 is 12.8 Å². The molecule has 0 unspecified atom stereocenters. The number of rotatable bonds is 1. The zero-order valence-corrected chi connectivity index (χ0v) is 9.30. The smallest absolute Gasteiger partial charge is 0.887 e. The van der Waals surface area contributed by atoms with E-state index in [0.717, 1.165) is 6.92 Å². The summed E-state index contributed by atoms with van der Waals surface area (Å²) in [5.41, 5.74) is -0.852. The van der Waals surface area contributed by atoms with Crippen LogP contribution >= 0.6 is 0 Å². The van der Waals surface area contributed by atoms with E-state index in [9.17, 15) is 14.8 Å². The molecule has 0 saturated carbocycles. The molecule has 0 aliphatic rings. The van der Waals surface area contributed by atoms with Gasteiger partial charge in [-0.15, -0.1) is 0 Å². The number of hydrogen-bond donors (Lipinski definition) is 0. The van der Waals surface area contributed by atoms with Crippen LogP contribution in [-0.4, -0.2) is 12.8 Å². The predicted octanol–water partition coefficient (Wildman–Crippen LogP) is -8.67. The Labute approximate surface area is 92.6 Å². The van der Waals surface area contributed by atoms with Crippen LogP contribution in [0.2, 0.25) is 0 Å². The Morgan fingerprint density at radius 3 is 1.50 bits per heavy atom. The van der Waals surface area contributed by atoms with Gasteiger partial charge in [-0.2, -0.15) is 0 Å². The van der Waals surface area contributed by atoms with Gasteiger partial charge in [0.25, 0.3) is 0 Å². The van der Waals surface area contributed by atoms with Gasteiger partial charge >= 0.3 is 59.1 Å². The molecule has 6 heteroatoms. The molecule has 0 fully saturated rings. The first-order valence-electron chi connectivity index (χ1n) is 1.46. The van der Waals surface area contributed by atoms with Crippen molar-refractivity contribution in [2.24, 2.45) is 0 Å². The summed E-state index contributed by atoms with van der Waals surface area (Å²) in [4.78, 5) is 9.52. The molecule has 0 N–H and O–H groups in total. The van der Waals surface area contributed by atoms with Gasteiger partial charge in [0.15, 0.2) is 0 Å². The zero-order chi connectivity index (χ0) is 5.15. The van der Waals surface area contributed by atoms with E-state index < -0.39 is 12.8 Å². The molecule has 0 rings (SSSR count). The Bertz CT molecular complexity index is 66.3. The maximum atomic E-state index is 9.52. The molecule has 0 aromatic rings. The van der Waals surface area contributed by atoms with E-state index in [4.69, 9.17) is 0 Å². The van der Waals surface area contributed by atoms with Crippen molar-refractivity contribution in [3.8, 4) is 0 Å². The molecule has 0 atom stereocenters. The predicted molar refractivity (Wildman–Crippen MR) is 16.4 cm³/mol. The minimum Gasteiger partial charge on any atom is -0.887 e. The van der Waals surface area contributed by atoms with Crippen LogP contribution in [0.4, 0.5) is 0 Å². The van der Waals surface area contributed by atoms with Gasteiger partial charge < -0.3 is 14.8 Å². The van der Waals surface area contributed by atoms with E-state index in [-0.39, 0.29) is 59.1 Å². The molecule has 0 aromatic carbocycles. The van der Waals surface area contributed by atoms with Gasteiger partial charge in [-0.3, -0.25) is 0 Å². The van der Waals surface area contributed by atoms with E-state index in [1.807, 2.05) is 0 Å². The average molecular weight is 132 g/mol.